The van der Waals surface area contributed by atoms with Gasteiger partial charge in [-0.15, -0.1) is 11.3 Å². The number of rotatable bonds is 4. The first-order valence-electron chi connectivity index (χ1n) is 7.63. The molecule has 1 aliphatic rings. The zero-order valence-corrected chi connectivity index (χ0v) is 13.1. The molecule has 1 fully saturated rings. The van der Waals surface area contributed by atoms with Crippen molar-refractivity contribution in [2.75, 3.05) is 6.54 Å². The minimum Gasteiger partial charge on any atom is -0.345 e. The zero-order valence-electron chi connectivity index (χ0n) is 12.3. The van der Waals surface area contributed by atoms with Crippen molar-refractivity contribution in [3.63, 3.8) is 0 Å². The summed E-state index contributed by atoms with van der Waals surface area (Å²) in [6, 6.07) is 8.99. The van der Waals surface area contributed by atoms with Crippen LogP contribution >= 0.6 is 11.3 Å². The summed E-state index contributed by atoms with van der Waals surface area (Å²) in [5.74, 6) is 0.945. The van der Waals surface area contributed by atoms with Gasteiger partial charge in [0.15, 0.2) is 0 Å². The Kier molecular flexibility index (Phi) is 3.74. The predicted octanol–water partition coefficient (Wildman–Crippen LogP) is 3.87. The van der Waals surface area contributed by atoms with E-state index in [1.807, 2.05) is 12.4 Å². The maximum atomic E-state index is 4.52. The normalized spacial score (nSPS) is 18.8. The first-order chi connectivity index (χ1) is 10.9. The highest BCUT2D eigenvalue weighted by Gasteiger charge is 2.28. The van der Waals surface area contributed by atoms with Crippen LogP contribution in [0.5, 0.6) is 0 Å². The Morgan fingerprint density at radius 2 is 2.18 bits per heavy atom. The summed E-state index contributed by atoms with van der Waals surface area (Å²) in [7, 11) is 0. The van der Waals surface area contributed by atoms with Gasteiger partial charge in [-0.05, 0) is 24.9 Å². The largest absolute Gasteiger partial charge is 0.345 e. The summed E-state index contributed by atoms with van der Waals surface area (Å²) in [5.41, 5.74) is 2.51. The van der Waals surface area contributed by atoms with E-state index in [4.69, 9.17) is 0 Å². The Morgan fingerprint density at radius 3 is 3.00 bits per heavy atom. The quantitative estimate of drug-likeness (QED) is 0.795. The number of hydrogen-bond donors (Lipinski definition) is 1. The van der Waals surface area contributed by atoms with Crippen molar-refractivity contribution in [2.24, 2.45) is 0 Å². The van der Waals surface area contributed by atoms with Gasteiger partial charge in [0.05, 0.1) is 6.04 Å². The molecule has 1 saturated heterocycles. The number of thiazole rings is 1. The monoisotopic (exact) mass is 310 g/mol. The molecule has 22 heavy (non-hydrogen) atoms. The number of nitrogens with one attached hydrogen (secondary N) is 1. The highest BCUT2D eigenvalue weighted by atomic mass is 32.1. The molecule has 3 heterocycles. The molecule has 0 aliphatic carbocycles. The highest BCUT2D eigenvalue weighted by molar-refractivity contribution is 7.09. The molecular formula is C17H18N4S. The molecule has 0 spiro atoms. The second-order valence-corrected chi connectivity index (χ2v) is 6.52. The number of H-pyrrole nitrogens is 1. The summed E-state index contributed by atoms with van der Waals surface area (Å²) in [4.78, 5) is 14.7. The summed E-state index contributed by atoms with van der Waals surface area (Å²) in [5, 5.41) is 3.32. The van der Waals surface area contributed by atoms with Gasteiger partial charge >= 0.3 is 0 Å². The van der Waals surface area contributed by atoms with Gasteiger partial charge in [0.25, 0.3) is 0 Å². The summed E-state index contributed by atoms with van der Waals surface area (Å²) < 4.78 is 0. The van der Waals surface area contributed by atoms with Crippen LogP contribution in [-0.2, 0) is 6.54 Å². The Labute approximate surface area is 133 Å². The van der Waals surface area contributed by atoms with Crippen molar-refractivity contribution in [1.82, 2.24) is 19.9 Å². The van der Waals surface area contributed by atoms with E-state index < -0.39 is 0 Å². The van der Waals surface area contributed by atoms with Gasteiger partial charge in [-0.3, -0.25) is 4.90 Å². The van der Waals surface area contributed by atoms with Crippen LogP contribution < -0.4 is 0 Å². The van der Waals surface area contributed by atoms with Crippen molar-refractivity contribution in [3.05, 3.63) is 58.8 Å². The predicted molar refractivity (Wildman–Crippen MR) is 88.5 cm³/mol. The topological polar surface area (TPSA) is 44.8 Å². The van der Waals surface area contributed by atoms with E-state index >= 15 is 0 Å². The van der Waals surface area contributed by atoms with Crippen LogP contribution in [0.1, 0.15) is 29.5 Å². The number of aromatic nitrogens is 3. The molecule has 0 bridgehead atoms. The lowest BCUT2D eigenvalue weighted by Crippen LogP contribution is -2.23. The first-order valence-corrected chi connectivity index (χ1v) is 8.51. The van der Waals surface area contributed by atoms with Crippen LogP contribution in [0.3, 0.4) is 0 Å². The van der Waals surface area contributed by atoms with Gasteiger partial charge in [0, 0.05) is 36.1 Å². The van der Waals surface area contributed by atoms with Crippen molar-refractivity contribution in [1.29, 1.82) is 0 Å². The fourth-order valence-corrected chi connectivity index (χ4v) is 4.02. The maximum absolute atomic E-state index is 4.52. The minimum atomic E-state index is 0.463. The lowest BCUT2D eigenvalue weighted by Gasteiger charge is -2.23. The van der Waals surface area contributed by atoms with Crippen molar-refractivity contribution >= 4 is 11.3 Å². The molecule has 1 N–H and O–H groups in total. The molecule has 0 saturated carbocycles. The number of hydrogen-bond acceptors (Lipinski definition) is 4. The van der Waals surface area contributed by atoms with Gasteiger partial charge < -0.3 is 4.98 Å². The Hall–Kier alpha value is -1.98. The molecular weight excluding hydrogens is 292 g/mol. The first kappa shape index (κ1) is 13.7. The lowest BCUT2D eigenvalue weighted by atomic mass is 10.1. The second-order valence-electron chi connectivity index (χ2n) is 5.59. The van der Waals surface area contributed by atoms with Gasteiger partial charge in [-0.1, -0.05) is 24.3 Å². The van der Waals surface area contributed by atoms with Crippen LogP contribution in [0.15, 0.2) is 48.2 Å². The molecule has 1 unspecified atom stereocenters. The fraction of sp³-hybridized carbons (Fsp3) is 0.294. The molecule has 1 aliphatic heterocycles. The molecule has 3 aromatic rings. The van der Waals surface area contributed by atoms with E-state index in [-0.39, 0.29) is 0 Å². The molecule has 0 radical (unpaired) electrons. The number of imidazole rings is 1. The Morgan fingerprint density at radius 1 is 1.23 bits per heavy atom. The third-order valence-corrected chi connectivity index (χ3v) is 5.12. The maximum Gasteiger partial charge on any atom is 0.137 e. The molecule has 1 atom stereocenters. The molecule has 4 rings (SSSR count). The summed E-state index contributed by atoms with van der Waals surface area (Å²) in [6.45, 7) is 2.08. The standard InChI is InChI=1S/C17H18N4S/c1-2-5-14(16-18-7-8-19-16)13(4-1)12-21-10-3-6-15(21)17-20-9-11-22-17/h1-2,4-5,7-9,11,15H,3,6,10,12H2,(H,18,19). The zero-order chi connectivity index (χ0) is 14.8. The van der Waals surface area contributed by atoms with E-state index in [0.717, 1.165) is 18.9 Å². The smallest absolute Gasteiger partial charge is 0.137 e. The van der Waals surface area contributed by atoms with E-state index in [9.17, 15) is 0 Å². The van der Waals surface area contributed by atoms with Crippen molar-refractivity contribution < 1.29 is 0 Å². The van der Waals surface area contributed by atoms with E-state index in [2.05, 4.69) is 49.5 Å². The van der Waals surface area contributed by atoms with Gasteiger partial charge in [-0.25, -0.2) is 9.97 Å². The van der Waals surface area contributed by atoms with Crippen LogP contribution in [0, 0.1) is 0 Å². The molecule has 4 nitrogen and oxygen atoms in total. The third kappa shape index (κ3) is 2.58. The van der Waals surface area contributed by atoms with Crippen molar-refractivity contribution in [2.45, 2.75) is 25.4 Å². The molecule has 0 amide bonds. The van der Waals surface area contributed by atoms with Crippen LogP contribution in [0.2, 0.25) is 0 Å². The summed E-state index contributed by atoms with van der Waals surface area (Å²) in [6.07, 6.45) is 8.04. The molecule has 5 heteroatoms. The van der Waals surface area contributed by atoms with Gasteiger partial charge in [0.1, 0.15) is 10.8 Å². The minimum absolute atomic E-state index is 0.463. The third-order valence-electron chi connectivity index (χ3n) is 4.24. The molecule has 112 valence electrons. The van der Waals surface area contributed by atoms with Gasteiger partial charge in [-0.2, -0.15) is 0 Å². The second kappa shape index (κ2) is 6.02. The summed E-state index contributed by atoms with van der Waals surface area (Å²) >= 11 is 1.77. The van der Waals surface area contributed by atoms with Crippen LogP contribution in [0.25, 0.3) is 11.4 Å². The lowest BCUT2D eigenvalue weighted by molar-refractivity contribution is 0.248. The van der Waals surface area contributed by atoms with E-state index in [0.29, 0.717) is 6.04 Å². The SMILES string of the molecule is c1ccc(-c2ncc[nH]2)c(CN2CCCC2c2nccs2)c1. The Balaban J connectivity index is 1.61. The van der Waals surface area contributed by atoms with Crippen molar-refractivity contribution in [3.8, 4) is 11.4 Å². The average molecular weight is 310 g/mol. The highest BCUT2D eigenvalue weighted by Crippen LogP contribution is 2.35. The molecule has 2 aromatic heterocycles. The van der Waals surface area contributed by atoms with Gasteiger partial charge in [0.2, 0.25) is 0 Å². The van der Waals surface area contributed by atoms with Crippen LogP contribution in [0.4, 0.5) is 0 Å². The molecule has 1 aromatic carbocycles. The fourth-order valence-electron chi connectivity index (χ4n) is 3.21. The Bertz CT molecular complexity index is 721. The van der Waals surface area contributed by atoms with E-state index in [1.54, 1.807) is 17.5 Å². The number of aromatic amines is 1. The average Bonchev–Trinajstić information content (AvgIpc) is 3.30. The number of benzene rings is 1. The van der Waals surface area contributed by atoms with Crippen LogP contribution in [-0.4, -0.2) is 26.4 Å². The number of likely N-dealkylation sites (tertiary alicyclic amines) is 1. The number of nitrogens with zero attached hydrogens (tertiary/aromatic N) is 3. The van der Waals surface area contributed by atoms with E-state index in [1.165, 1.54) is 29.0 Å².